The van der Waals surface area contributed by atoms with Gasteiger partial charge in [0.2, 0.25) is 0 Å². The van der Waals surface area contributed by atoms with Crippen LogP contribution in [0.4, 0.5) is 0 Å². The van der Waals surface area contributed by atoms with E-state index in [1.807, 2.05) is 13.8 Å². The molecule has 0 bridgehead atoms. The molecule has 1 unspecified atom stereocenters. The third kappa shape index (κ3) is 5.71. The number of carbonyl (C=O) groups is 2. The van der Waals surface area contributed by atoms with E-state index in [-0.39, 0.29) is 25.4 Å². The topological polar surface area (TPSA) is 110 Å². The normalized spacial score (nSPS) is 23.1. The van der Waals surface area contributed by atoms with Crippen molar-refractivity contribution in [3.63, 3.8) is 0 Å². The molecule has 1 saturated heterocycles. The van der Waals surface area contributed by atoms with Gasteiger partial charge in [0.1, 0.15) is 11.7 Å². The molecule has 2 atom stereocenters. The lowest BCUT2D eigenvalue weighted by Crippen LogP contribution is -2.28. The summed E-state index contributed by atoms with van der Waals surface area (Å²) in [4.78, 5) is 40.9. The van der Waals surface area contributed by atoms with Crippen molar-refractivity contribution in [1.82, 2.24) is 0 Å². The monoisotopic (exact) mass is 308 g/mol. The summed E-state index contributed by atoms with van der Waals surface area (Å²) in [6.07, 6.45) is 1.84. The molecular weight excluding hydrogens is 287 g/mol. The highest BCUT2D eigenvalue weighted by Crippen LogP contribution is 2.38. The highest BCUT2D eigenvalue weighted by molar-refractivity contribution is 7.46. The van der Waals surface area contributed by atoms with Gasteiger partial charge in [0.05, 0.1) is 13.2 Å². The van der Waals surface area contributed by atoms with Crippen LogP contribution in [-0.4, -0.2) is 34.8 Å². The van der Waals surface area contributed by atoms with E-state index in [4.69, 9.17) is 14.5 Å². The number of phosphoric acid groups is 1. The van der Waals surface area contributed by atoms with E-state index >= 15 is 0 Å². The molecule has 7 nitrogen and oxygen atoms in total. The van der Waals surface area contributed by atoms with Gasteiger partial charge in [-0.15, -0.1) is 0 Å². The van der Waals surface area contributed by atoms with Gasteiger partial charge < -0.3 is 14.5 Å². The number of ether oxygens (including phenoxy) is 1. The molecule has 1 aliphatic heterocycles. The summed E-state index contributed by atoms with van der Waals surface area (Å²) in [6, 6.07) is 0. The number of cyclic esters (lactones) is 1. The van der Waals surface area contributed by atoms with Crippen LogP contribution in [0, 0.1) is 17.8 Å². The SMILES string of the molecule is CC(C)CCCC(=O)C1C(=O)OC[C@H]1COP(=O)(O)O. The predicted octanol–water partition coefficient (Wildman–Crippen LogP) is 1.28. The van der Waals surface area contributed by atoms with Crippen LogP contribution in [0.1, 0.15) is 33.1 Å². The zero-order valence-electron chi connectivity index (χ0n) is 11.7. The van der Waals surface area contributed by atoms with Gasteiger partial charge in [-0.05, 0) is 12.3 Å². The Labute approximate surface area is 117 Å². The average molecular weight is 308 g/mol. The van der Waals surface area contributed by atoms with Crippen molar-refractivity contribution in [2.45, 2.75) is 33.1 Å². The second-order valence-electron chi connectivity index (χ2n) is 5.41. The fourth-order valence-electron chi connectivity index (χ4n) is 2.14. The lowest BCUT2D eigenvalue weighted by Gasteiger charge is -2.15. The van der Waals surface area contributed by atoms with Crippen molar-refractivity contribution >= 4 is 19.6 Å². The van der Waals surface area contributed by atoms with E-state index in [1.54, 1.807) is 0 Å². The largest absolute Gasteiger partial charge is 0.469 e. The molecule has 1 fully saturated rings. The summed E-state index contributed by atoms with van der Waals surface area (Å²) < 4.78 is 19.8. The Balaban J connectivity index is 2.52. The molecule has 1 aliphatic rings. The van der Waals surface area contributed by atoms with Gasteiger partial charge in [0, 0.05) is 12.3 Å². The van der Waals surface area contributed by atoms with E-state index in [0.717, 1.165) is 6.42 Å². The van der Waals surface area contributed by atoms with Gasteiger partial charge in [-0.1, -0.05) is 20.3 Å². The van der Waals surface area contributed by atoms with Crippen LogP contribution >= 0.6 is 7.82 Å². The Kier molecular flexibility index (Phi) is 6.33. The van der Waals surface area contributed by atoms with E-state index < -0.39 is 25.6 Å². The van der Waals surface area contributed by atoms with Gasteiger partial charge in [0.15, 0.2) is 0 Å². The number of ketones is 1. The number of hydrogen-bond acceptors (Lipinski definition) is 5. The molecule has 20 heavy (non-hydrogen) atoms. The van der Waals surface area contributed by atoms with Crippen molar-refractivity contribution in [2.24, 2.45) is 17.8 Å². The lowest BCUT2D eigenvalue weighted by molar-refractivity contribution is -0.144. The van der Waals surface area contributed by atoms with Crippen LogP contribution in [0.2, 0.25) is 0 Å². The van der Waals surface area contributed by atoms with Crippen LogP contribution < -0.4 is 0 Å². The third-order valence-corrected chi connectivity index (χ3v) is 3.66. The van der Waals surface area contributed by atoms with Crippen molar-refractivity contribution in [3.8, 4) is 0 Å². The van der Waals surface area contributed by atoms with E-state index in [9.17, 15) is 14.2 Å². The molecule has 1 heterocycles. The summed E-state index contributed by atoms with van der Waals surface area (Å²) in [5, 5.41) is 0. The van der Waals surface area contributed by atoms with Crippen LogP contribution in [0.5, 0.6) is 0 Å². The van der Waals surface area contributed by atoms with Gasteiger partial charge >= 0.3 is 13.8 Å². The van der Waals surface area contributed by atoms with Gasteiger partial charge in [0.25, 0.3) is 0 Å². The smallest absolute Gasteiger partial charge is 0.465 e. The number of esters is 1. The minimum absolute atomic E-state index is 0.0422. The Hall–Kier alpha value is -0.750. The molecule has 0 aromatic carbocycles. The average Bonchev–Trinajstić information content (AvgIpc) is 2.66. The molecule has 116 valence electrons. The molecule has 0 amide bonds. The second kappa shape index (κ2) is 7.31. The number of phosphoric ester groups is 1. The molecule has 0 radical (unpaired) electrons. The highest BCUT2D eigenvalue weighted by Gasteiger charge is 2.42. The van der Waals surface area contributed by atoms with Gasteiger partial charge in [-0.3, -0.25) is 14.1 Å². The minimum Gasteiger partial charge on any atom is -0.465 e. The first-order chi connectivity index (χ1) is 9.20. The summed E-state index contributed by atoms with van der Waals surface area (Å²) in [7, 11) is -4.61. The predicted molar refractivity (Wildman–Crippen MR) is 69.6 cm³/mol. The van der Waals surface area contributed by atoms with E-state index in [2.05, 4.69) is 4.52 Å². The molecule has 2 N–H and O–H groups in total. The molecule has 0 spiro atoms. The fraction of sp³-hybridized carbons (Fsp3) is 0.833. The molecule has 0 aromatic heterocycles. The number of carbonyl (C=O) groups excluding carboxylic acids is 2. The Bertz CT molecular complexity index is 401. The van der Waals surface area contributed by atoms with Crippen molar-refractivity contribution in [3.05, 3.63) is 0 Å². The van der Waals surface area contributed by atoms with E-state index in [1.165, 1.54) is 0 Å². The Morgan fingerprint density at radius 3 is 2.70 bits per heavy atom. The quantitative estimate of drug-likeness (QED) is 0.395. The first-order valence-electron chi connectivity index (χ1n) is 6.60. The minimum atomic E-state index is -4.61. The number of rotatable bonds is 8. The van der Waals surface area contributed by atoms with Crippen LogP contribution in [0.3, 0.4) is 0 Å². The zero-order valence-corrected chi connectivity index (χ0v) is 12.5. The van der Waals surface area contributed by atoms with Crippen LogP contribution in [0.15, 0.2) is 0 Å². The van der Waals surface area contributed by atoms with Crippen LogP contribution in [-0.2, 0) is 23.4 Å². The summed E-state index contributed by atoms with van der Waals surface area (Å²) in [5.74, 6) is -1.98. The molecule has 0 aliphatic carbocycles. The number of Topliss-reactive ketones (excluding diaryl/α,β-unsaturated/α-hetero) is 1. The number of hydrogen-bond donors (Lipinski definition) is 2. The maximum atomic E-state index is 12.0. The zero-order chi connectivity index (χ0) is 15.3. The maximum Gasteiger partial charge on any atom is 0.469 e. The summed E-state index contributed by atoms with van der Waals surface area (Å²) >= 11 is 0. The highest BCUT2D eigenvalue weighted by atomic mass is 31.2. The molecule has 0 saturated carbocycles. The Morgan fingerprint density at radius 1 is 1.50 bits per heavy atom. The van der Waals surface area contributed by atoms with Crippen molar-refractivity contribution < 1.29 is 33.2 Å². The van der Waals surface area contributed by atoms with Crippen LogP contribution in [0.25, 0.3) is 0 Å². The molecular formula is C12H21O7P. The molecule has 8 heteroatoms. The van der Waals surface area contributed by atoms with Crippen molar-refractivity contribution in [2.75, 3.05) is 13.2 Å². The van der Waals surface area contributed by atoms with Gasteiger partial charge in [-0.25, -0.2) is 4.57 Å². The maximum absolute atomic E-state index is 12.0. The fourth-order valence-corrected chi connectivity index (χ4v) is 2.52. The first-order valence-corrected chi connectivity index (χ1v) is 8.13. The third-order valence-electron chi connectivity index (χ3n) is 3.17. The van der Waals surface area contributed by atoms with Crippen molar-refractivity contribution in [1.29, 1.82) is 0 Å². The van der Waals surface area contributed by atoms with Gasteiger partial charge in [-0.2, -0.15) is 0 Å². The second-order valence-corrected chi connectivity index (χ2v) is 6.65. The summed E-state index contributed by atoms with van der Waals surface area (Å²) in [6.45, 7) is 3.69. The lowest BCUT2D eigenvalue weighted by atomic mass is 9.89. The molecule has 1 rings (SSSR count). The first kappa shape index (κ1) is 17.3. The molecule has 0 aromatic rings. The Morgan fingerprint density at radius 2 is 2.15 bits per heavy atom. The van der Waals surface area contributed by atoms with E-state index in [0.29, 0.717) is 12.3 Å². The summed E-state index contributed by atoms with van der Waals surface area (Å²) in [5.41, 5.74) is 0. The standard InChI is InChI=1S/C12H21O7P/c1-8(2)4-3-5-10(13)11-9(6-18-12(11)14)7-19-20(15,16)17/h8-9,11H,3-7H2,1-2H3,(H2,15,16,17)/t9-,11?/m0/s1.